The number of rotatable bonds is 2. The smallest absolute Gasteiger partial charge is 0.346 e. The van der Waals surface area contributed by atoms with Crippen LogP contribution in [0.2, 0.25) is 0 Å². The highest BCUT2D eigenvalue weighted by atomic mass is 16.6. The summed E-state index contributed by atoms with van der Waals surface area (Å²) in [5, 5.41) is 10.6. The van der Waals surface area contributed by atoms with Crippen LogP contribution in [0.3, 0.4) is 0 Å². The Balaban J connectivity index is 2.30. The number of carbonyl (C=O) groups is 1. The first kappa shape index (κ1) is 11.0. The molecule has 1 unspecified atom stereocenters. The summed E-state index contributed by atoms with van der Waals surface area (Å²) in [4.78, 5) is 31.6. The average molecular weight is 233 g/mol. The Morgan fingerprint density at radius 2 is 2.24 bits per heavy atom. The monoisotopic (exact) mass is 233 g/mol. The van der Waals surface area contributed by atoms with E-state index in [2.05, 4.69) is 0 Å². The summed E-state index contributed by atoms with van der Waals surface area (Å²) >= 11 is 0. The van der Waals surface area contributed by atoms with Gasteiger partial charge < -0.3 is 4.74 Å². The molecule has 0 amide bonds. The third-order valence-electron chi connectivity index (χ3n) is 2.46. The molecule has 17 heavy (non-hydrogen) atoms. The van der Waals surface area contributed by atoms with Gasteiger partial charge in [-0.2, -0.15) is 0 Å². The summed E-state index contributed by atoms with van der Waals surface area (Å²) in [6, 6.07) is 5.78. The first-order valence-electron chi connectivity index (χ1n) is 4.81. The average Bonchev–Trinajstić information content (AvgIpc) is 2.71. The van der Waals surface area contributed by atoms with Crippen LogP contribution < -0.4 is 0 Å². The molecule has 6 heteroatoms. The summed E-state index contributed by atoms with van der Waals surface area (Å²) in [7, 11) is 0. The van der Waals surface area contributed by atoms with E-state index in [1.54, 1.807) is 6.07 Å². The van der Waals surface area contributed by atoms with Gasteiger partial charge in [0.15, 0.2) is 0 Å². The molecule has 1 aliphatic rings. The molecule has 86 valence electrons. The normalized spacial score (nSPS) is 18.7. The largest absolute Gasteiger partial charge is 0.453 e. The third-order valence-corrected chi connectivity index (χ3v) is 2.46. The minimum absolute atomic E-state index is 0.0680. The number of ether oxygens (including phenoxy) is 1. The molecular formula is C11H7NO5. The van der Waals surface area contributed by atoms with E-state index in [4.69, 9.17) is 4.74 Å². The Morgan fingerprint density at radius 1 is 1.47 bits per heavy atom. The van der Waals surface area contributed by atoms with Crippen molar-refractivity contribution in [2.45, 2.75) is 12.5 Å². The molecule has 1 fully saturated rings. The van der Waals surface area contributed by atoms with Crippen LogP contribution in [-0.4, -0.2) is 16.8 Å². The van der Waals surface area contributed by atoms with Gasteiger partial charge in [0.2, 0.25) is 0 Å². The SMILES string of the molecule is O=C=C1CC(c2cccc([N+](=O)[O-])c2)OC1=O. The lowest BCUT2D eigenvalue weighted by Crippen LogP contribution is -1.99. The summed E-state index contributed by atoms with van der Waals surface area (Å²) in [6.45, 7) is 0. The van der Waals surface area contributed by atoms with Crippen molar-refractivity contribution in [1.29, 1.82) is 0 Å². The summed E-state index contributed by atoms with van der Waals surface area (Å²) < 4.78 is 4.92. The fourth-order valence-corrected chi connectivity index (χ4v) is 1.62. The number of cyclic esters (lactones) is 1. The van der Waals surface area contributed by atoms with Crippen LogP contribution in [0.5, 0.6) is 0 Å². The topological polar surface area (TPSA) is 86.5 Å². The van der Waals surface area contributed by atoms with E-state index >= 15 is 0 Å². The standard InChI is InChI=1S/C11H7NO5/c13-6-8-5-10(17-11(8)14)7-2-1-3-9(4-7)12(15)16/h1-4,10H,5H2. The van der Waals surface area contributed by atoms with Gasteiger partial charge in [-0.25, -0.2) is 9.59 Å². The lowest BCUT2D eigenvalue weighted by atomic mass is 10.0. The molecule has 1 aromatic carbocycles. The van der Waals surface area contributed by atoms with Gasteiger partial charge in [-0.1, -0.05) is 12.1 Å². The van der Waals surface area contributed by atoms with Crippen molar-refractivity contribution < 1.29 is 19.2 Å². The number of nitrogens with zero attached hydrogens (tertiary/aromatic N) is 1. The highest BCUT2D eigenvalue weighted by molar-refractivity contribution is 5.98. The fraction of sp³-hybridized carbons (Fsp3) is 0.182. The minimum atomic E-state index is -0.712. The maximum Gasteiger partial charge on any atom is 0.346 e. The van der Waals surface area contributed by atoms with Crippen molar-refractivity contribution in [1.82, 2.24) is 0 Å². The molecular weight excluding hydrogens is 226 g/mol. The van der Waals surface area contributed by atoms with Gasteiger partial charge in [0, 0.05) is 18.6 Å². The molecule has 0 aromatic heterocycles. The van der Waals surface area contributed by atoms with Crippen molar-refractivity contribution in [2.75, 3.05) is 0 Å². The van der Waals surface area contributed by atoms with Gasteiger partial charge in [0.05, 0.1) is 4.92 Å². The molecule has 1 atom stereocenters. The maximum absolute atomic E-state index is 11.2. The molecule has 1 saturated heterocycles. The van der Waals surface area contributed by atoms with Crippen molar-refractivity contribution >= 4 is 17.6 Å². The van der Waals surface area contributed by atoms with Gasteiger partial charge >= 0.3 is 5.97 Å². The third kappa shape index (κ3) is 2.07. The highest BCUT2D eigenvalue weighted by Crippen LogP contribution is 2.33. The fourth-order valence-electron chi connectivity index (χ4n) is 1.62. The molecule has 1 heterocycles. The quantitative estimate of drug-likeness (QED) is 0.253. The summed E-state index contributed by atoms with van der Waals surface area (Å²) in [5.74, 6) is 0.797. The van der Waals surface area contributed by atoms with Crippen LogP contribution in [-0.2, 0) is 14.3 Å². The second-order valence-corrected chi connectivity index (χ2v) is 3.53. The molecule has 0 aliphatic carbocycles. The molecule has 0 radical (unpaired) electrons. The van der Waals surface area contributed by atoms with E-state index in [-0.39, 0.29) is 17.7 Å². The van der Waals surface area contributed by atoms with E-state index in [1.807, 2.05) is 0 Å². The molecule has 2 rings (SSSR count). The Labute approximate surface area is 95.7 Å². The predicted octanol–water partition coefficient (Wildman–Crippen LogP) is 1.34. The molecule has 1 aliphatic heterocycles. The van der Waals surface area contributed by atoms with Gasteiger partial charge in [-0.15, -0.1) is 0 Å². The number of carbonyl (C=O) groups excluding carboxylic acids is 2. The molecule has 0 spiro atoms. The minimum Gasteiger partial charge on any atom is -0.453 e. The number of nitro benzene ring substituents is 1. The number of non-ortho nitro benzene ring substituents is 1. The van der Waals surface area contributed by atoms with E-state index in [0.29, 0.717) is 5.56 Å². The van der Waals surface area contributed by atoms with Gasteiger partial charge in [-0.05, 0) is 5.56 Å². The molecule has 0 bridgehead atoms. The number of esters is 1. The van der Waals surface area contributed by atoms with Crippen LogP contribution in [0.4, 0.5) is 5.69 Å². The number of hydrogen-bond acceptors (Lipinski definition) is 5. The lowest BCUT2D eigenvalue weighted by molar-refractivity contribution is -0.385. The van der Waals surface area contributed by atoms with E-state index in [1.165, 1.54) is 24.1 Å². The van der Waals surface area contributed by atoms with Gasteiger partial charge in [0.25, 0.3) is 5.69 Å². The number of nitro groups is 1. The zero-order valence-corrected chi connectivity index (χ0v) is 8.58. The van der Waals surface area contributed by atoms with Crippen LogP contribution in [0.15, 0.2) is 29.8 Å². The second kappa shape index (κ2) is 4.19. The lowest BCUT2D eigenvalue weighted by Gasteiger charge is -2.07. The van der Waals surface area contributed by atoms with E-state index in [0.717, 1.165) is 0 Å². The molecule has 0 N–H and O–H groups in total. The molecule has 6 nitrogen and oxygen atoms in total. The molecule has 0 saturated carbocycles. The van der Waals surface area contributed by atoms with E-state index in [9.17, 15) is 19.7 Å². The first-order chi connectivity index (χ1) is 8.11. The maximum atomic E-state index is 11.2. The van der Waals surface area contributed by atoms with Gasteiger partial charge in [0.1, 0.15) is 17.6 Å². The van der Waals surface area contributed by atoms with Crippen LogP contribution >= 0.6 is 0 Å². The zero-order valence-electron chi connectivity index (χ0n) is 8.58. The Morgan fingerprint density at radius 3 is 2.82 bits per heavy atom. The Bertz CT molecular complexity index is 545. The number of benzene rings is 1. The van der Waals surface area contributed by atoms with Crippen molar-refractivity contribution in [3.63, 3.8) is 0 Å². The first-order valence-corrected chi connectivity index (χ1v) is 4.81. The van der Waals surface area contributed by atoms with Crippen molar-refractivity contribution in [3.8, 4) is 0 Å². The highest BCUT2D eigenvalue weighted by Gasteiger charge is 2.31. The van der Waals surface area contributed by atoms with Gasteiger partial charge in [-0.3, -0.25) is 10.1 Å². The summed E-state index contributed by atoms with van der Waals surface area (Å²) in [5.41, 5.74) is 0.349. The van der Waals surface area contributed by atoms with Crippen LogP contribution in [0.25, 0.3) is 0 Å². The van der Waals surface area contributed by atoms with Crippen LogP contribution in [0.1, 0.15) is 18.1 Å². The Kier molecular flexibility index (Phi) is 2.72. The Hall–Kier alpha value is -2.46. The molecule has 1 aromatic rings. The van der Waals surface area contributed by atoms with Crippen molar-refractivity contribution in [3.05, 3.63) is 45.5 Å². The number of hydrogen-bond donors (Lipinski definition) is 0. The van der Waals surface area contributed by atoms with E-state index < -0.39 is 17.0 Å². The van der Waals surface area contributed by atoms with Crippen LogP contribution in [0, 0.1) is 10.1 Å². The van der Waals surface area contributed by atoms with Crippen molar-refractivity contribution in [2.24, 2.45) is 0 Å². The predicted molar refractivity (Wildman–Crippen MR) is 55.8 cm³/mol. The summed E-state index contributed by atoms with van der Waals surface area (Å²) in [6.07, 6.45) is -0.539. The second-order valence-electron chi connectivity index (χ2n) is 3.53. The zero-order chi connectivity index (χ0) is 12.4.